The van der Waals surface area contributed by atoms with Gasteiger partial charge < -0.3 is 0 Å². The fourth-order valence-corrected chi connectivity index (χ4v) is 25.2. The summed E-state index contributed by atoms with van der Waals surface area (Å²) in [6.45, 7) is 2.21. The third-order valence-electron chi connectivity index (χ3n) is 5.40. The molecule has 142 valence electrons. The zero-order valence-electron chi connectivity index (χ0n) is 16.0. The maximum atomic E-state index is 6.06. The molecule has 0 saturated carbocycles. The molecule has 3 aromatic rings. The molecule has 1 aliphatic heterocycles. The molecule has 4 heteroatoms. The summed E-state index contributed by atoms with van der Waals surface area (Å²) in [4.78, 5) is 2.45. The monoisotopic (exact) mass is 511 g/mol. The summed E-state index contributed by atoms with van der Waals surface area (Å²) in [5.74, 6) is 0. The minimum absolute atomic E-state index is 1.09. The van der Waals surface area contributed by atoms with Crippen molar-refractivity contribution >= 4 is 53.2 Å². The molecule has 1 fully saturated rings. The van der Waals surface area contributed by atoms with Crippen molar-refractivity contribution in [2.24, 2.45) is 0 Å². The van der Waals surface area contributed by atoms with Crippen LogP contribution in [-0.4, -0.2) is 39.3 Å². The Labute approximate surface area is 180 Å². The van der Waals surface area contributed by atoms with Crippen molar-refractivity contribution in [2.45, 2.75) is 19.3 Å². The van der Waals surface area contributed by atoms with Crippen LogP contribution in [0.2, 0.25) is 0 Å². The van der Waals surface area contributed by atoms with Gasteiger partial charge in [-0.05, 0) is 0 Å². The summed E-state index contributed by atoms with van der Waals surface area (Å²) >= 11 is 2.72. The molecular formula is C24H25NS2Sn. The summed E-state index contributed by atoms with van der Waals surface area (Å²) in [6, 6.07) is 33.3. The van der Waals surface area contributed by atoms with Gasteiger partial charge in [-0.15, -0.1) is 0 Å². The fourth-order valence-electron chi connectivity index (χ4n) is 3.97. The number of nitrogens with zero attached hydrogens (tertiary/aromatic N) is 1. The number of hydrogen-bond donors (Lipinski definition) is 0. The first-order valence-electron chi connectivity index (χ1n) is 9.95. The van der Waals surface area contributed by atoms with Gasteiger partial charge in [0.1, 0.15) is 0 Å². The average Bonchev–Trinajstić information content (AvgIpc) is 2.80. The SMILES string of the molecule is S=C([S][Sn]([c]1ccccc1)([c]1ccccc1)[c]1ccccc1)N1CCCCC1. The van der Waals surface area contributed by atoms with Crippen LogP contribution in [0.3, 0.4) is 0 Å². The zero-order valence-corrected chi connectivity index (χ0v) is 20.4. The number of benzene rings is 3. The predicted molar refractivity (Wildman–Crippen MR) is 130 cm³/mol. The molecule has 28 heavy (non-hydrogen) atoms. The van der Waals surface area contributed by atoms with Gasteiger partial charge in [-0.2, -0.15) is 0 Å². The van der Waals surface area contributed by atoms with E-state index in [1.807, 2.05) is 8.95 Å². The maximum absolute atomic E-state index is 6.06. The van der Waals surface area contributed by atoms with E-state index in [0.29, 0.717) is 0 Å². The molecule has 0 aliphatic carbocycles. The molecule has 0 aromatic heterocycles. The van der Waals surface area contributed by atoms with E-state index in [9.17, 15) is 0 Å². The van der Waals surface area contributed by atoms with Gasteiger partial charge in [0.15, 0.2) is 0 Å². The molecule has 3 aromatic carbocycles. The Bertz CT molecular complexity index is 797. The molecule has 0 bridgehead atoms. The Balaban J connectivity index is 1.87. The Morgan fingerprint density at radius 1 is 0.643 bits per heavy atom. The number of hydrogen-bond acceptors (Lipinski definition) is 2. The topological polar surface area (TPSA) is 3.24 Å². The molecule has 1 saturated heterocycles. The van der Waals surface area contributed by atoms with Crippen molar-refractivity contribution in [1.29, 1.82) is 0 Å². The second-order valence-corrected chi connectivity index (χ2v) is 23.1. The molecule has 0 unspecified atom stereocenters. The van der Waals surface area contributed by atoms with Gasteiger partial charge in [-0.25, -0.2) is 0 Å². The second-order valence-electron chi connectivity index (χ2n) is 7.19. The van der Waals surface area contributed by atoms with E-state index in [0.717, 1.165) is 17.4 Å². The molecule has 4 rings (SSSR count). The first-order valence-corrected chi connectivity index (χ1v) is 19.0. The average molecular weight is 510 g/mol. The molecule has 0 atom stereocenters. The van der Waals surface area contributed by atoms with Gasteiger partial charge in [-0.3, -0.25) is 0 Å². The Hall–Kier alpha value is -1.30. The van der Waals surface area contributed by atoms with E-state index in [-0.39, 0.29) is 0 Å². The molecule has 0 N–H and O–H groups in total. The summed E-state index contributed by atoms with van der Waals surface area (Å²) in [5.41, 5.74) is 0. The number of piperidine rings is 1. The van der Waals surface area contributed by atoms with Crippen molar-refractivity contribution in [2.75, 3.05) is 13.1 Å². The van der Waals surface area contributed by atoms with E-state index in [1.165, 1.54) is 30.0 Å². The molecule has 1 heterocycles. The number of likely N-dealkylation sites (tertiary alicyclic amines) is 1. The Morgan fingerprint density at radius 2 is 1.04 bits per heavy atom. The van der Waals surface area contributed by atoms with Crippen LogP contribution in [0.5, 0.6) is 0 Å². The van der Waals surface area contributed by atoms with E-state index in [4.69, 9.17) is 12.2 Å². The molecule has 1 nitrogen and oxygen atoms in total. The Kier molecular flexibility index (Phi) is 6.76. The van der Waals surface area contributed by atoms with Gasteiger partial charge in [0.25, 0.3) is 0 Å². The third-order valence-corrected chi connectivity index (χ3v) is 26.7. The summed E-state index contributed by atoms with van der Waals surface area (Å²) in [6.07, 6.45) is 3.84. The summed E-state index contributed by atoms with van der Waals surface area (Å²) < 4.78 is 5.50. The number of rotatable bonds is 4. The van der Waals surface area contributed by atoms with Crippen LogP contribution < -0.4 is 10.7 Å². The standard InChI is InChI=1S/C6H11NS2.3C6H5.Sn/c8-6(9)7-4-2-1-3-5-7;3*1-2-4-6-5-3-1;/h1-5H2,(H,8,9);3*1-5H;/q;;;;+1/p-1. The Morgan fingerprint density at radius 3 is 1.43 bits per heavy atom. The molecule has 0 amide bonds. The van der Waals surface area contributed by atoms with Crippen molar-refractivity contribution < 1.29 is 0 Å². The van der Waals surface area contributed by atoms with Crippen LogP contribution in [0.1, 0.15) is 19.3 Å². The van der Waals surface area contributed by atoms with Crippen LogP contribution in [0, 0.1) is 0 Å². The van der Waals surface area contributed by atoms with E-state index in [1.54, 1.807) is 0 Å². The van der Waals surface area contributed by atoms with E-state index in [2.05, 4.69) is 95.9 Å². The first kappa shape index (κ1) is 20.0. The van der Waals surface area contributed by atoms with E-state index < -0.39 is 17.0 Å². The zero-order chi connectivity index (χ0) is 19.2. The predicted octanol–water partition coefficient (Wildman–Crippen LogP) is 4.16. The van der Waals surface area contributed by atoms with Gasteiger partial charge >= 0.3 is 181 Å². The van der Waals surface area contributed by atoms with Crippen LogP contribution in [-0.2, 0) is 0 Å². The molecule has 1 aliphatic rings. The van der Waals surface area contributed by atoms with Crippen LogP contribution >= 0.6 is 21.2 Å². The first-order chi connectivity index (χ1) is 13.8. The summed E-state index contributed by atoms with van der Waals surface area (Å²) in [5, 5.41) is 0. The van der Waals surface area contributed by atoms with Crippen molar-refractivity contribution in [1.82, 2.24) is 4.90 Å². The normalized spacial score (nSPS) is 14.6. The van der Waals surface area contributed by atoms with Gasteiger partial charge in [0.2, 0.25) is 0 Å². The molecular weight excluding hydrogens is 485 g/mol. The summed E-state index contributed by atoms with van der Waals surface area (Å²) in [7, 11) is 2.03. The van der Waals surface area contributed by atoms with E-state index >= 15 is 0 Å². The number of thiocarbonyl (C=S) groups is 1. The van der Waals surface area contributed by atoms with Gasteiger partial charge in [0.05, 0.1) is 0 Å². The molecule has 0 spiro atoms. The van der Waals surface area contributed by atoms with Crippen molar-refractivity contribution in [3.8, 4) is 0 Å². The third kappa shape index (κ3) is 4.17. The van der Waals surface area contributed by atoms with Gasteiger partial charge in [0, 0.05) is 0 Å². The molecule has 0 radical (unpaired) electrons. The fraction of sp³-hybridized carbons (Fsp3) is 0.208. The van der Waals surface area contributed by atoms with Gasteiger partial charge in [-0.1, -0.05) is 0 Å². The minimum atomic E-state index is -3.35. The van der Waals surface area contributed by atoms with Crippen LogP contribution in [0.25, 0.3) is 0 Å². The van der Waals surface area contributed by atoms with Crippen LogP contribution in [0.4, 0.5) is 0 Å². The second kappa shape index (κ2) is 9.46. The van der Waals surface area contributed by atoms with Crippen LogP contribution in [0.15, 0.2) is 91.0 Å². The quantitative estimate of drug-likeness (QED) is 0.384. The van der Waals surface area contributed by atoms with Crippen molar-refractivity contribution in [3.05, 3.63) is 91.0 Å². The van der Waals surface area contributed by atoms with Crippen molar-refractivity contribution in [3.63, 3.8) is 0 Å².